The summed E-state index contributed by atoms with van der Waals surface area (Å²) in [6.45, 7) is 2.06. The van der Waals surface area contributed by atoms with E-state index in [9.17, 15) is 0 Å². The SMILES string of the molecule is CNc1nn(C)c2c(N)ccc(C)c12. The summed E-state index contributed by atoms with van der Waals surface area (Å²) < 4.78 is 1.81. The molecule has 1 heterocycles. The number of nitrogens with two attached hydrogens (primary N) is 1. The van der Waals surface area contributed by atoms with Crippen LogP contribution in [0.25, 0.3) is 10.9 Å². The van der Waals surface area contributed by atoms with Gasteiger partial charge in [0.15, 0.2) is 5.82 Å². The fourth-order valence-corrected chi connectivity index (χ4v) is 1.78. The van der Waals surface area contributed by atoms with Crippen molar-refractivity contribution in [3.63, 3.8) is 0 Å². The van der Waals surface area contributed by atoms with Gasteiger partial charge in [-0.15, -0.1) is 0 Å². The Morgan fingerprint density at radius 2 is 2.14 bits per heavy atom. The van der Waals surface area contributed by atoms with Gasteiger partial charge in [0.25, 0.3) is 0 Å². The van der Waals surface area contributed by atoms with Gasteiger partial charge in [0.05, 0.1) is 11.2 Å². The number of aromatic nitrogens is 2. The zero-order chi connectivity index (χ0) is 10.3. The fourth-order valence-electron chi connectivity index (χ4n) is 1.78. The highest BCUT2D eigenvalue weighted by atomic mass is 15.3. The number of nitrogens with one attached hydrogen (secondary N) is 1. The van der Waals surface area contributed by atoms with Gasteiger partial charge >= 0.3 is 0 Å². The van der Waals surface area contributed by atoms with E-state index >= 15 is 0 Å². The van der Waals surface area contributed by atoms with E-state index in [0.29, 0.717) is 0 Å². The van der Waals surface area contributed by atoms with Crippen LogP contribution in [-0.4, -0.2) is 16.8 Å². The van der Waals surface area contributed by atoms with Crippen molar-refractivity contribution in [3.05, 3.63) is 17.7 Å². The highest BCUT2D eigenvalue weighted by Crippen LogP contribution is 2.29. The number of nitrogens with zero attached hydrogens (tertiary/aromatic N) is 2. The van der Waals surface area contributed by atoms with Crippen molar-refractivity contribution in [1.82, 2.24) is 9.78 Å². The van der Waals surface area contributed by atoms with E-state index in [4.69, 9.17) is 5.73 Å². The Kier molecular flexibility index (Phi) is 1.84. The zero-order valence-corrected chi connectivity index (χ0v) is 8.63. The molecule has 0 bridgehead atoms. The number of aryl methyl sites for hydroxylation is 2. The molecule has 0 aliphatic carbocycles. The van der Waals surface area contributed by atoms with Gasteiger partial charge in [-0.05, 0) is 18.6 Å². The van der Waals surface area contributed by atoms with Crippen LogP contribution in [-0.2, 0) is 7.05 Å². The Labute approximate surface area is 82.7 Å². The molecule has 0 aliphatic heterocycles. The van der Waals surface area contributed by atoms with Crippen molar-refractivity contribution in [1.29, 1.82) is 0 Å². The molecule has 4 heteroatoms. The second-order valence-electron chi connectivity index (χ2n) is 3.42. The molecule has 14 heavy (non-hydrogen) atoms. The molecule has 0 radical (unpaired) electrons. The Morgan fingerprint density at radius 1 is 1.43 bits per heavy atom. The minimum Gasteiger partial charge on any atom is -0.397 e. The number of hydrogen-bond acceptors (Lipinski definition) is 3. The van der Waals surface area contributed by atoms with Crippen molar-refractivity contribution in [3.8, 4) is 0 Å². The Hall–Kier alpha value is -1.71. The number of fused-ring (bicyclic) bond motifs is 1. The van der Waals surface area contributed by atoms with Crippen LogP contribution >= 0.6 is 0 Å². The lowest BCUT2D eigenvalue weighted by Gasteiger charge is -2.02. The van der Waals surface area contributed by atoms with Crippen molar-refractivity contribution >= 4 is 22.4 Å². The van der Waals surface area contributed by atoms with Crippen LogP contribution in [0.5, 0.6) is 0 Å². The molecule has 0 atom stereocenters. The summed E-state index contributed by atoms with van der Waals surface area (Å²) >= 11 is 0. The lowest BCUT2D eigenvalue weighted by Crippen LogP contribution is -1.95. The third-order valence-electron chi connectivity index (χ3n) is 2.46. The molecular weight excluding hydrogens is 176 g/mol. The van der Waals surface area contributed by atoms with Crippen LogP contribution in [0, 0.1) is 6.92 Å². The van der Waals surface area contributed by atoms with E-state index in [1.807, 2.05) is 30.9 Å². The minimum atomic E-state index is 0.766. The van der Waals surface area contributed by atoms with Crippen molar-refractivity contribution in [2.45, 2.75) is 6.92 Å². The summed E-state index contributed by atoms with van der Waals surface area (Å²) in [5, 5.41) is 8.53. The van der Waals surface area contributed by atoms with Crippen molar-refractivity contribution < 1.29 is 0 Å². The first-order valence-corrected chi connectivity index (χ1v) is 4.54. The fraction of sp³-hybridized carbons (Fsp3) is 0.300. The average molecular weight is 190 g/mol. The average Bonchev–Trinajstić information content (AvgIpc) is 2.50. The number of rotatable bonds is 1. The van der Waals surface area contributed by atoms with E-state index in [1.54, 1.807) is 0 Å². The second-order valence-corrected chi connectivity index (χ2v) is 3.42. The maximum Gasteiger partial charge on any atom is 0.156 e. The molecule has 0 unspecified atom stereocenters. The molecule has 4 nitrogen and oxygen atoms in total. The summed E-state index contributed by atoms with van der Waals surface area (Å²) in [4.78, 5) is 0. The molecule has 0 spiro atoms. The Morgan fingerprint density at radius 3 is 2.79 bits per heavy atom. The summed E-state index contributed by atoms with van der Waals surface area (Å²) in [6, 6.07) is 3.93. The summed E-state index contributed by atoms with van der Waals surface area (Å²) in [5.74, 6) is 0.882. The van der Waals surface area contributed by atoms with Gasteiger partial charge in [-0.2, -0.15) is 5.10 Å². The Balaban J connectivity index is 2.94. The second kappa shape index (κ2) is 2.90. The highest BCUT2D eigenvalue weighted by molar-refractivity contribution is 5.99. The number of benzene rings is 1. The van der Waals surface area contributed by atoms with E-state index in [2.05, 4.69) is 17.3 Å². The first-order chi connectivity index (χ1) is 6.65. The third-order valence-corrected chi connectivity index (χ3v) is 2.46. The molecule has 2 rings (SSSR count). The van der Waals surface area contributed by atoms with Gasteiger partial charge in [-0.3, -0.25) is 4.68 Å². The number of hydrogen-bond donors (Lipinski definition) is 2. The summed E-state index contributed by atoms with van der Waals surface area (Å²) in [5.41, 5.74) is 8.85. The van der Waals surface area contributed by atoms with Crippen LogP contribution in [0.4, 0.5) is 11.5 Å². The predicted octanol–water partition coefficient (Wildman–Crippen LogP) is 1.51. The van der Waals surface area contributed by atoms with E-state index in [1.165, 1.54) is 5.56 Å². The lowest BCUT2D eigenvalue weighted by atomic mass is 10.1. The monoisotopic (exact) mass is 190 g/mol. The van der Waals surface area contributed by atoms with Gasteiger partial charge in [0.1, 0.15) is 0 Å². The maximum atomic E-state index is 5.91. The maximum absolute atomic E-state index is 5.91. The molecule has 2 aromatic rings. The van der Waals surface area contributed by atoms with Crippen LogP contribution in [0.2, 0.25) is 0 Å². The quantitative estimate of drug-likeness (QED) is 0.670. The van der Waals surface area contributed by atoms with Gasteiger partial charge in [-0.25, -0.2) is 0 Å². The standard InChI is InChI=1S/C10H14N4/c1-6-4-5-7(11)9-8(6)10(12-2)13-14(9)3/h4-5H,11H2,1-3H3,(H,12,13). The van der Waals surface area contributed by atoms with Gasteiger partial charge in [0, 0.05) is 19.5 Å². The van der Waals surface area contributed by atoms with Crippen molar-refractivity contribution in [2.24, 2.45) is 7.05 Å². The topological polar surface area (TPSA) is 55.9 Å². The smallest absolute Gasteiger partial charge is 0.156 e. The Bertz CT molecular complexity index is 484. The van der Waals surface area contributed by atoms with Crippen molar-refractivity contribution in [2.75, 3.05) is 18.1 Å². The molecular formula is C10H14N4. The minimum absolute atomic E-state index is 0.766. The van der Waals surface area contributed by atoms with Gasteiger partial charge in [0.2, 0.25) is 0 Å². The van der Waals surface area contributed by atoms with E-state index < -0.39 is 0 Å². The van der Waals surface area contributed by atoms with Crippen LogP contribution in [0.1, 0.15) is 5.56 Å². The summed E-state index contributed by atoms with van der Waals surface area (Å²) in [7, 11) is 3.77. The lowest BCUT2D eigenvalue weighted by molar-refractivity contribution is 0.801. The largest absolute Gasteiger partial charge is 0.397 e. The first-order valence-electron chi connectivity index (χ1n) is 4.54. The molecule has 0 fully saturated rings. The van der Waals surface area contributed by atoms with Gasteiger partial charge in [-0.1, -0.05) is 6.07 Å². The van der Waals surface area contributed by atoms with Crippen LogP contribution in [0.3, 0.4) is 0 Å². The molecule has 3 N–H and O–H groups in total. The predicted molar refractivity (Wildman–Crippen MR) is 59.4 cm³/mol. The molecule has 0 amide bonds. The molecule has 1 aromatic carbocycles. The highest BCUT2D eigenvalue weighted by Gasteiger charge is 2.11. The molecule has 0 aliphatic rings. The first kappa shape index (κ1) is 8.87. The van der Waals surface area contributed by atoms with Crippen LogP contribution < -0.4 is 11.1 Å². The normalized spacial score (nSPS) is 10.8. The number of nitrogen functional groups attached to an aromatic ring is 1. The number of anilines is 2. The molecule has 74 valence electrons. The molecule has 1 aromatic heterocycles. The summed E-state index contributed by atoms with van der Waals surface area (Å²) in [6.07, 6.45) is 0. The zero-order valence-electron chi connectivity index (χ0n) is 8.63. The van der Waals surface area contributed by atoms with Gasteiger partial charge < -0.3 is 11.1 Å². The van der Waals surface area contributed by atoms with E-state index in [-0.39, 0.29) is 0 Å². The van der Waals surface area contributed by atoms with Crippen LogP contribution in [0.15, 0.2) is 12.1 Å². The third kappa shape index (κ3) is 1.04. The molecule has 0 saturated heterocycles. The molecule has 0 saturated carbocycles. The van der Waals surface area contributed by atoms with E-state index in [0.717, 1.165) is 22.4 Å².